The summed E-state index contributed by atoms with van der Waals surface area (Å²) < 4.78 is 8.22. The number of rotatable bonds is 11. The van der Waals surface area contributed by atoms with Crippen LogP contribution < -0.4 is 0 Å². The molecule has 0 saturated carbocycles. The number of hydrogen-bond donors (Lipinski definition) is 1. The Kier molecular flexibility index (Phi) is 9.60. The Morgan fingerprint density at radius 1 is 1.09 bits per heavy atom. The van der Waals surface area contributed by atoms with Crippen LogP contribution in [0.1, 0.15) is 67.2 Å². The van der Waals surface area contributed by atoms with Gasteiger partial charge in [0, 0.05) is 26.0 Å². The minimum Gasteiger partial charge on any atom is -0.481 e. The number of hydrogen-bond acceptors (Lipinski definition) is 3. The van der Waals surface area contributed by atoms with Crippen molar-refractivity contribution in [2.24, 2.45) is 0 Å². The lowest BCUT2D eigenvalue weighted by molar-refractivity contribution is -0.137. The van der Waals surface area contributed by atoms with Gasteiger partial charge in [-0.15, -0.1) is 0 Å². The monoisotopic (exact) mass is 331 g/mol. The van der Waals surface area contributed by atoms with Crippen LogP contribution in [-0.4, -0.2) is 43.2 Å². The number of carboxylic acid groups (broad SMARTS) is 1. The smallest absolute Gasteiger partial charge is 0.308 e. The fourth-order valence-corrected chi connectivity index (χ4v) is 8.12. The molecule has 1 N–H and O–H groups in total. The third kappa shape index (κ3) is 5.39. The first-order chi connectivity index (χ1) is 10.2. The molecule has 0 aliphatic heterocycles. The van der Waals surface area contributed by atoms with Crippen molar-refractivity contribution in [3.05, 3.63) is 0 Å². The van der Waals surface area contributed by atoms with Crippen molar-refractivity contribution < 1.29 is 19.1 Å². The number of carbonyl (C=O) groups is 2. The molecule has 0 unspecified atom stereocenters. The van der Waals surface area contributed by atoms with Crippen LogP contribution in [0.2, 0.25) is 11.1 Å². The molecule has 0 fully saturated rings. The molecule has 0 heterocycles. The summed E-state index contributed by atoms with van der Waals surface area (Å²) >= 11 is 0. The maximum atomic E-state index is 12.7. The molecule has 0 bridgehead atoms. The number of amides is 1. The summed E-state index contributed by atoms with van der Waals surface area (Å²) in [6, 6.07) is 0. The van der Waals surface area contributed by atoms with Crippen molar-refractivity contribution in [3.8, 4) is 0 Å². The van der Waals surface area contributed by atoms with Gasteiger partial charge in [-0.25, -0.2) is 0 Å². The van der Waals surface area contributed by atoms with Gasteiger partial charge < -0.3 is 14.1 Å². The predicted molar refractivity (Wildman–Crippen MR) is 91.1 cm³/mol. The van der Waals surface area contributed by atoms with E-state index in [1.54, 1.807) is 0 Å². The van der Waals surface area contributed by atoms with Gasteiger partial charge >= 0.3 is 14.4 Å². The number of carboxylic acids is 1. The Morgan fingerprint density at radius 2 is 1.64 bits per heavy atom. The number of aliphatic carboxylic acids is 1. The van der Waals surface area contributed by atoms with E-state index in [1.165, 1.54) is 0 Å². The Labute approximate surface area is 136 Å². The number of carbonyl (C=O) groups excluding carboxylic acids is 1. The highest BCUT2D eigenvalue weighted by Gasteiger charge is 2.49. The first-order valence-corrected chi connectivity index (χ1v) is 10.4. The van der Waals surface area contributed by atoms with E-state index < -0.39 is 14.4 Å². The van der Waals surface area contributed by atoms with Crippen molar-refractivity contribution in [1.29, 1.82) is 0 Å². The molecule has 22 heavy (non-hydrogen) atoms. The fraction of sp³-hybridized carbons (Fsp3) is 0.875. The SMILES string of the molecule is CCCN(C(=O)CCCC(=O)O)[Si](OCC)(C(C)C)C(C)C. The van der Waals surface area contributed by atoms with Crippen molar-refractivity contribution in [3.63, 3.8) is 0 Å². The third-order valence-corrected chi connectivity index (χ3v) is 9.36. The van der Waals surface area contributed by atoms with E-state index >= 15 is 0 Å². The minimum atomic E-state index is -2.40. The second kappa shape index (κ2) is 10.00. The summed E-state index contributed by atoms with van der Waals surface area (Å²) in [5, 5.41) is 8.75. The highest BCUT2D eigenvalue weighted by molar-refractivity contribution is 6.75. The van der Waals surface area contributed by atoms with E-state index in [0.717, 1.165) is 6.42 Å². The highest BCUT2D eigenvalue weighted by Crippen LogP contribution is 2.37. The van der Waals surface area contributed by atoms with Gasteiger partial charge in [-0.05, 0) is 30.8 Å². The van der Waals surface area contributed by atoms with Crippen molar-refractivity contribution in [1.82, 2.24) is 4.57 Å². The maximum absolute atomic E-state index is 12.7. The lowest BCUT2D eigenvalue weighted by Crippen LogP contribution is -2.62. The molecular formula is C16H33NO4Si. The van der Waals surface area contributed by atoms with Crippen LogP contribution in [0.4, 0.5) is 0 Å². The molecule has 0 aliphatic carbocycles. The Balaban J connectivity index is 5.35. The molecule has 0 aromatic heterocycles. The van der Waals surface area contributed by atoms with Crippen LogP contribution >= 0.6 is 0 Å². The molecule has 6 heteroatoms. The van der Waals surface area contributed by atoms with E-state index in [2.05, 4.69) is 34.6 Å². The highest BCUT2D eigenvalue weighted by atomic mass is 28.4. The van der Waals surface area contributed by atoms with Crippen LogP contribution in [0, 0.1) is 0 Å². The predicted octanol–water partition coefficient (Wildman–Crippen LogP) is 3.78. The average molecular weight is 332 g/mol. The van der Waals surface area contributed by atoms with Crippen molar-refractivity contribution >= 4 is 20.4 Å². The zero-order valence-corrected chi connectivity index (χ0v) is 16.0. The fourth-order valence-electron chi connectivity index (χ4n) is 3.18. The van der Waals surface area contributed by atoms with Gasteiger partial charge in [-0.2, -0.15) is 0 Å². The normalized spacial score (nSPS) is 12.0. The van der Waals surface area contributed by atoms with Crippen LogP contribution in [0.3, 0.4) is 0 Å². The molecule has 0 aromatic rings. The Bertz CT molecular complexity index is 350. The zero-order chi connectivity index (χ0) is 17.3. The van der Waals surface area contributed by atoms with Gasteiger partial charge in [0.05, 0.1) is 0 Å². The summed E-state index contributed by atoms with van der Waals surface area (Å²) in [7, 11) is -2.40. The average Bonchev–Trinajstić information content (AvgIpc) is 2.41. The first-order valence-electron chi connectivity index (χ1n) is 8.40. The molecule has 1 amide bonds. The Hall–Kier alpha value is -0.883. The summed E-state index contributed by atoms with van der Waals surface area (Å²) in [4.78, 5) is 23.4. The molecule has 130 valence electrons. The van der Waals surface area contributed by atoms with Crippen molar-refractivity contribution in [2.75, 3.05) is 13.2 Å². The second-order valence-corrected chi connectivity index (χ2v) is 10.9. The van der Waals surface area contributed by atoms with Crippen LogP contribution in [0.15, 0.2) is 0 Å². The van der Waals surface area contributed by atoms with Crippen LogP contribution in [-0.2, 0) is 14.0 Å². The van der Waals surface area contributed by atoms with Crippen LogP contribution in [0.25, 0.3) is 0 Å². The van der Waals surface area contributed by atoms with E-state index in [0.29, 0.717) is 30.7 Å². The van der Waals surface area contributed by atoms with E-state index in [4.69, 9.17) is 9.53 Å². The van der Waals surface area contributed by atoms with Gasteiger partial charge in [0.2, 0.25) is 5.91 Å². The lowest BCUT2D eigenvalue weighted by Gasteiger charge is -2.46. The Morgan fingerprint density at radius 3 is 2.00 bits per heavy atom. The van der Waals surface area contributed by atoms with Crippen LogP contribution in [0.5, 0.6) is 0 Å². The van der Waals surface area contributed by atoms with E-state index in [1.807, 2.05) is 11.5 Å². The molecule has 0 spiro atoms. The van der Waals surface area contributed by atoms with Gasteiger partial charge in [0.1, 0.15) is 0 Å². The van der Waals surface area contributed by atoms with Gasteiger partial charge in [-0.1, -0.05) is 34.6 Å². The quantitative estimate of drug-likeness (QED) is 0.585. The van der Waals surface area contributed by atoms with Gasteiger partial charge in [-0.3, -0.25) is 9.59 Å². The lowest BCUT2D eigenvalue weighted by atomic mass is 10.2. The summed E-state index contributed by atoms with van der Waals surface area (Å²) in [6.45, 7) is 13.9. The van der Waals surface area contributed by atoms with E-state index in [9.17, 15) is 9.59 Å². The first kappa shape index (κ1) is 21.1. The van der Waals surface area contributed by atoms with E-state index in [-0.39, 0.29) is 18.7 Å². The number of nitrogens with zero attached hydrogens (tertiary/aromatic N) is 1. The topological polar surface area (TPSA) is 66.8 Å². The zero-order valence-electron chi connectivity index (χ0n) is 15.0. The molecule has 0 radical (unpaired) electrons. The second-order valence-electron chi connectivity index (χ2n) is 6.29. The third-order valence-electron chi connectivity index (χ3n) is 3.98. The molecule has 0 rings (SSSR count). The van der Waals surface area contributed by atoms with Gasteiger partial charge in [0.25, 0.3) is 0 Å². The standard InChI is InChI=1S/C16H33NO4Si/c1-7-12-17(15(18)10-9-11-16(19)20)22(13(3)4,14(5)6)21-8-2/h13-14H,7-12H2,1-6H3,(H,19,20). The molecule has 5 nitrogen and oxygen atoms in total. The minimum absolute atomic E-state index is 0.0399. The molecule has 0 aromatic carbocycles. The summed E-state index contributed by atoms with van der Waals surface area (Å²) in [6.07, 6.45) is 1.60. The van der Waals surface area contributed by atoms with Gasteiger partial charge in [0.15, 0.2) is 0 Å². The summed E-state index contributed by atoms with van der Waals surface area (Å²) in [5.74, 6) is -0.804. The molecule has 0 saturated heterocycles. The molecule has 0 atom stereocenters. The van der Waals surface area contributed by atoms with Crippen molar-refractivity contribution in [2.45, 2.75) is 78.3 Å². The maximum Gasteiger partial charge on any atom is 0.308 e. The summed E-state index contributed by atoms with van der Waals surface area (Å²) in [5.41, 5.74) is 0.588. The largest absolute Gasteiger partial charge is 0.481 e. The molecular weight excluding hydrogens is 298 g/mol. The molecule has 0 aliphatic rings.